The average Bonchev–Trinajstić information content (AvgIpc) is 3.06. The van der Waals surface area contributed by atoms with Gasteiger partial charge in [0.2, 0.25) is 21.3 Å². The highest BCUT2D eigenvalue weighted by Gasteiger charge is 2.27. The molecule has 0 aromatic heterocycles. The van der Waals surface area contributed by atoms with E-state index >= 15 is 0 Å². The Morgan fingerprint density at radius 2 is 1.67 bits per heavy atom. The first-order valence-electron chi connectivity index (χ1n) is 16.3. The molecule has 2 aromatic carbocycles. The molecule has 1 unspecified atom stereocenters. The number of rotatable bonds is 16. The lowest BCUT2D eigenvalue weighted by Crippen LogP contribution is -2.36. The third-order valence-corrected chi connectivity index (χ3v) is 10.8. The number of nitrogens with two attached hydrogens (primary N) is 1. The smallest absolute Gasteiger partial charge is 0.295 e. The van der Waals surface area contributed by atoms with Crippen LogP contribution < -0.4 is 30.8 Å². The van der Waals surface area contributed by atoms with E-state index in [1.54, 1.807) is 6.92 Å². The van der Waals surface area contributed by atoms with Crippen LogP contribution in [0, 0.1) is 0 Å². The molecule has 5 N–H and O–H groups in total. The largest absolute Gasteiger partial charge is 0.456 e. The molecular weight excluding hydrogens is 671 g/mol. The maximum absolute atomic E-state index is 13.3. The van der Waals surface area contributed by atoms with Crippen molar-refractivity contribution in [3.05, 3.63) is 60.0 Å². The number of fused-ring (bicyclic) bond motifs is 2. The molecule has 1 heterocycles. The predicted molar refractivity (Wildman–Crippen MR) is 190 cm³/mol. The maximum Gasteiger partial charge on any atom is 0.295 e. The first-order chi connectivity index (χ1) is 23.3. The van der Waals surface area contributed by atoms with Crippen molar-refractivity contribution in [2.75, 3.05) is 44.2 Å². The highest BCUT2D eigenvalue weighted by Crippen LogP contribution is 2.43. The zero-order chi connectivity index (χ0) is 35.9. The number of hydrogen-bond donors (Lipinski definition) is 4. The summed E-state index contributed by atoms with van der Waals surface area (Å²) in [4.78, 5) is 17.2. The van der Waals surface area contributed by atoms with Crippen molar-refractivity contribution in [3.63, 3.8) is 0 Å². The fourth-order valence-corrected chi connectivity index (χ4v) is 7.88. The lowest BCUT2D eigenvalue weighted by atomic mass is 9.93. The molecule has 0 saturated carbocycles. The van der Waals surface area contributed by atoms with E-state index in [2.05, 4.69) is 52.0 Å². The Bertz CT molecular complexity index is 2050. The van der Waals surface area contributed by atoms with E-state index in [9.17, 15) is 26.2 Å². The molecular formula is C34H46N5O8S2+. The third-order valence-electron chi connectivity index (χ3n) is 8.48. The lowest BCUT2D eigenvalue weighted by molar-refractivity contribution is -0.126. The average molecular weight is 717 g/mol. The summed E-state index contributed by atoms with van der Waals surface area (Å²) in [5, 5.41) is 4.20. The molecule has 49 heavy (non-hydrogen) atoms. The summed E-state index contributed by atoms with van der Waals surface area (Å²) in [6.45, 7) is 12.8. The minimum Gasteiger partial charge on any atom is -0.456 e. The van der Waals surface area contributed by atoms with Crippen LogP contribution in [-0.4, -0.2) is 72.7 Å². The summed E-state index contributed by atoms with van der Waals surface area (Å²) in [7, 11) is -9.09. The van der Waals surface area contributed by atoms with Gasteiger partial charge in [-0.15, -0.1) is 0 Å². The van der Waals surface area contributed by atoms with Crippen molar-refractivity contribution < 1.29 is 35.4 Å². The van der Waals surface area contributed by atoms with Crippen molar-refractivity contribution in [1.29, 1.82) is 0 Å². The summed E-state index contributed by atoms with van der Waals surface area (Å²) in [6, 6.07) is 14.8. The molecule has 15 heteroatoms. The van der Waals surface area contributed by atoms with Crippen molar-refractivity contribution in [3.8, 4) is 22.5 Å². The number of carbonyl (C=O) groups is 1. The van der Waals surface area contributed by atoms with E-state index in [1.807, 2.05) is 36.4 Å². The Labute approximate surface area is 287 Å². The summed E-state index contributed by atoms with van der Waals surface area (Å²) >= 11 is 0. The fourth-order valence-electron chi connectivity index (χ4n) is 5.98. The van der Waals surface area contributed by atoms with Crippen LogP contribution in [0.25, 0.3) is 33.4 Å². The van der Waals surface area contributed by atoms with Gasteiger partial charge in [0.15, 0.2) is 0 Å². The van der Waals surface area contributed by atoms with Crippen LogP contribution in [0.3, 0.4) is 0 Å². The molecule has 13 nitrogen and oxygen atoms in total. The number of nitrogens with one attached hydrogen (secondary N) is 2. The fraction of sp³-hybridized carbons (Fsp3) is 0.412. The van der Waals surface area contributed by atoms with Gasteiger partial charge in [0.05, 0.1) is 11.0 Å². The molecule has 1 aliphatic carbocycles. The molecule has 4 rings (SSSR count). The van der Waals surface area contributed by atoms with Crippen LogP contribution in [0.2, 0.25) is 0 Å². The first kappa shape index (κ1) is 38.0. The van der Waals surface area contributed by atoms with E-state index in [-0.39, 0.29) is 29.7 Å². The van der Waals surface area contributed by atoms with E-state index in [0.29, 0.717) is 40.7 Å². The molecule has 0 saturated heterocycles. The quantitative estimate of drug-likeness (QED) is 0.0440. The summed E-state index contributed by atoms with van der Waals surface area (Å²) in [5.74, 6) is 5.02. The normalized spacial score (nSPS) is 12.7. The first-order valence-corrected chi connectivity index (χ1v) is 19.3. The number of benzene rings is 3. The second-order valence-electron chi connectivity index (χ2n) is 11.6. The van der Waals surface area contributed by atoms with E-state index in [0.717, 1.165) is 43.3 Å². The number of anilines is 1. The number of nitrogens with zero attached hydrogens (tertiary/aromatic N) is 2. The molecule has 2 aromatic rings. The molecule has 0 spiro atoms. The summed E-state index contributed by atoms with van der Waals surface area (Å²) < 4.78 is 74.1. The monoisotopic (exact) mass is 716 g/mol. The summed E-state index contributed by atoms with van der Waals surface area (Å²) in [5.41, 5.74) is 2.63. The summed E-state index contributed by atoms with van der Waals surface area (Å²) in [6.07, 6.45) is 0.836. The standard InChI is InChI=1S/C34H45N5O8S2/c1-6-38(7-2)24-12-15-27-30(19-24)47-31-20-25(39(8-3)9-4)13-16-28(31)34(27)29-17-14-26(21-32(29)49(43,44)45)48(41,42)36-18-10-11-23(5)37-33(40)22-46-35/h12-17,19-21,23,36H,6-11,18,22,35H2,1-5H3,(H-,37,40,43,44,45)/p+1. The number of hydrogen-bond acceptors (Lipinski definition) is 9. The van der Waals surface area contributed by atoms with Gasteiger partial charge in [-0.2, -0.15) is 8.42 Å². The van der Waals surface area contributed by atoms with Gasteiger partial charge in [0, 0.05) is 65.6 Å². The van der Waals surface area contributed by atoms with Crippen molar-refractivity contribution in [1.82, 2.24) is 14.6 Å². The maximum atomic E-state index is 13.3. The van der Waals surface area contributed by atoms with Crippen molar-refractivity contribution >= 4 is 42.7 Å². The lowest BCUT2D eigenvalue weighted by Gasteiger charge is -2.22. The Morgan fingerprint density at radius 1 is 0.980 bits per heavy atom. The van der Waals surface area contributed by atoms with Gasteiger partial charge in [-0.25, -0.2) is 23.6 Å². The minimum absolute atomic E-state index is 0.0259. The molecule has 1 atom stereocenters. The molecule has 2 aliphatic rings. The second kappa shape index (κ2) is 16.2. The van der Waals surface area contributed by atoms with Crippen LogP contribution in [0.15, 0.2) is 68.8 Å². The zero-order valence-corrected chi connectivity index (χ0v) is 30.2. The van der Waals surface area contributed by atoms with Crippen LogP contribution in [0.1, 0.15) is 47.5 Å². The van der Waals surface area contributed by atoms with E-state index in [1.165, 1.54) is 12.1 Å². The highest BCUT2D eigenvalue weighted by atomic mass is 32.2. The SMILES string of the molecule is CCN(CC)c1ccc2c(-c3ccc(S(=O)(=O)NCCCC(C)NC(=O)CON)cc3S(=O)(=O)O)c3ccc(=[N+](CC)CC)cc-3oc2c1. The molecule has 0 fully saturated rings. The van der Waals surface area contributed by atoms with Gasteiger partial charge in [0.1, 0.15) is 35.9 Å². The van der Waals surface area contributed by atoms with E-state index < -0.39 is 30.9 Å². The van der Waals surface area contributed by atoms with Gasteiger partial charge < -0.3 is 14.6 Å². The Morgan fingerprint density at radius 3 is 2.31 bits per heavy atom. The molecule has 1 aliphatic heterocycles. The van der Waals surface area contributed by atoms with Crippen LogP contribution >= 0.6 is 0 Å². The van der Waals surface area contributed by atoms with Crippen molar-refractivity contribution in [2.24, 2.45) is 5.90 Å². The molecule has 0 radical (unpaired) electrons. The third kappa shape index (κ3) is 8.84. The van der Waals surface area contributed by atoms with Crippen LogP contribution in [0.4, 0.5) is 5.69 Å². The Balaban J connectivity index is 1.83. The van der Waals surface area contributed by atoms with Gasteiger partial charge in [0.25, 0.3) is 10.1 Å². The number of carbonyl (C=O) groups excluding carboxylic acids is 1. The van der Waals surface area contributed by atoms with Crippen LogP contribution in [-0.2, 0) is 29.8 Å². The molecule has 266 valence electrons. The van der Waals surface area contributed by atoms with Gasteiger partial charge in [-0.05, 0) is 77.8 Å². The minimum atomic E-state index is -4.91. The van der Waals surface area contributed by atoms with Gasteiger partial charge in [-0.1, -0.05) is 6.07 Å². The predicted octanol–water partition coefficient (Wildman–Crippen LogP) is 3.56. The number of amides is 1. The topological polar surface area (TPSA) is 184 Å². The second-order valence-corrected chi connectivity index (χ2v) is 14.8. The van der Waals surface area contributed by atoms with E-state index in [4.69, 9.17) is 10.3 Å². The highest BCUT2D eigenvalue weighted by molar-refractivity contribution is 7.89. The molecule has 0 bridgehead atoms. The van der Waals surface area contributed by atoms with Gasteiger partial charge >= 0.3 is 0 Å². The van der Waals surface area contributed by atoms with Crippen molar-refractivity contribution in [2.45, 2.75) is 63.3 Å². The van der Waals surface area contributed by atoms with Crippen LogP contribution in [0.5, 0.6) is 0 Å². The Hall–Kier alpha value is -3.86. The zero-order valence-electron chi connectivity index (χ0n) is 28.5. The van der Waals surface area contributed by atoms with Gasteiger partial charge in [-0.3, -0.25) is 14.2 Å². The molecule has 1 amide bonds. The Kier molecular flexibility index (Phi) is 12.6. The number of sulfonamides is 1.